The molecule has 1 aliphatic rings. The summed E-state index contributed by atoms with van der Waals surface area (Å²) >= 11 is 0. The summed E-state index contributed by atoms with van der Waals surface area (Å²) in [5.74, 6) is -2.04. The molecule has 2 aromatic carbocycles. The van der Waals surface area contributed by atoms with Crippen LogP contribution in [0.2, 0.25) is 0 Å². The van der Waals surface area contributed by atoms with E-state index in [0.717, 1.165) is 12.1 Å². The van der Waals surface area contributed by atoms with Crippen molar-refractivity contribution in [1.82, 2.24) is 4.48 Å². The van der Waals surface area contributed by atoms with Crippen LogP contribution >= 0.6 is 0 Å². The van der Waals surface area contributed by atoms with Gasteiger partial charge in [0, 0.05) is 30.2 Å². The first-order valence-corrected chi connectivity index (χ1v) is 9.58. The average Bonchev–Trinajstić information content (AvgIpc) is 2.77. The third kappa shape index (κ3) is 4.42. The summed E-state index contributed by atoms with van der Waals surface area (Å²) in [6, 6.07) is 9.36. The predicted octanol–water partition coefficient (Wildman–Crippen LogP) is 4.58. The molecule has 0 radical (unpaired) electrons. The Balaban J connectivity index is 2.05. The zero-order chi connectivity index (χ0) is 23.7. The van der Waals surface area contributed by atoms with Crippen molar-refractivity contribution < 1.29 is 37.5 Å². The number of ether oxygens (including phenoxy) is 1. The number of amides is 1. The Hall–Kier alpha value is -3.47. The molecule has 1 fully saturated rings. The fourth-order valence-electron chi connectivity index (χ4n) is 4.18. The van der Waals surface area contributed by atoms with Gasteiger partial charge < -0.3 is 9.84 Å². The summed E-state index contributed by atoms with van der Waals surface area (Å²) in [6.45, 7) is -0.205. The molecule has 3 rings (SSSR count). The number of non-ortho nitro benzene ring substituents is 1. The number of carboxylic acid groups (broad SMARTS) is 1. The van der Waals surface area contributed by atoms with Crippen molar-refractivity contribution in [2.75, 3.05) is 20.2 Å². The molecular weight excluding hydrogens is 433 g/mol. The van der Waals surface area contributed by atoms with Crippen LogP contribution in [0.5, 0.6) is 0 Å². The van der Waals surface area contributed by atoms with Gasteiger partial charge in [-0.3, -0.25) is 14.9 Å². The number of esters is 1. The largest absolute Gasteiger partial charge is 0.518 e. The number of carbonyl (C=O) groups excluding carboxylic acids is 1. The van der Waals surface area contributed by atoms with Gasteiger partial charge in [0.25, 0.3) is 5.69 Å². The van der Waals surface area contributed by atoms with Crippen molar-refractivity contribution in [3.63, 3.8) is 0 Å². The molecule has 1 heterocycles. The number of quaternary nitrogens is 1. The molecule has 0 aliphatic carbocycles. The zero-order valence-electron chi connectivity index (χ0n) is 16.9. The fraction of sp³-hybridized carbons (Fsp3) is 0.333. The van der Waals surface area contributed by atoms with Crippen LogP contribution in [-0.2, 0) is 15.7 Å². The molecule has 2 aromatic rings. The Morgan fingerprint density at radius 3 is 2.16 bits per heavy atom. The number of nitro groups is 1. The lowest BCUT2D eigenvalue weighted by Gasteiger charge is -2.42. The Bertz CT molecular complexity index is 1020. The number of hydrogen-bond acceptors (Lipinski definition) is 5. The van der Waals surface area contributed by atoms with Crippen LogP contribution in [-0.4, -0.2) is 42.3 Å². The highest BCUT2D eigenvalue weighted by molar-refractivity contribution is 5.83. The second-order valence-electron chi connectivity index (χ2n) is 7.66. The minimum atomic E-state index is -4.51. The maximum Gasteiger partial charge on any atom is 0.518 e. The second-order valence-corrected chi connectivity index (χ2v) is 7.66. The first-order valence-electron chi connectivity index (χ1n) is 9.58. The van der Waals surface area contributed by atoms with Gasteiger partial charge in [-0.1, -0.05) is 12.1 Å². The molecule has 0 aromatic heterocycles. The van der Waals surface area contributed by atoms with Crippen molar-refractivity contribution in [1.29, 1.82) is 0 Å². The number of hydrogen-bond donors (Lipinski definition) is 1. The fourth-order valence-corrected chi connectivity index (χ4v) is 4.18. The molecule has 0 saturated carbocycles. The minimum Gasteiger partial charge on any atom is -0.469 e. The number of nitro benzene ring substituents is 1. The van der Waals surface area contributed by atoms with Crippen molar-refractivity contribution in [3.8, 4) is 0 Å². The maximum atomic E-state index is 12.9. The van der Waals surface area contributed by atoms with Gasteiger partial charge in [-0.2, -0.15) is 22.4 Å². The Morgan fingerprint density at radius 1 is 1.09 bits per heavy atom. The first-order chi connectivity index (χ1) is 15.0. The highest BCUT2D eigenvalue weighted by Crippen LogP contribution is 2.40. The first kappa shape index (κ1) is 23.2. The van der Waals surface area contributed by atoms with Crippen LogP contribution in [0.4, 0.5) is 29.3 Å². The highest BCUT2D eigenvalue weighted by atomic mass is 19.4. The van der Waals surface area contributed by atoms with Gasteiger partial charge in [0.2, 0.25) is 0 Å². The number of carbonyl (C=O) groups is 2. The monoisotopic (exact) mass is 453 g/mol. The summed E-state index contributed by atoms with van der Waals surface area (Å²) < 4.78 is 42.9. The van der Waals surface area contributed by atoms with E-state index in [4.69, 9.17) is 4.74 Å². The second kappa shape index (κ2) is 8.58. The molecule has 8 nitrogen and oxygen atoms in total. The van der Waals surface area contributed by atoms with E-state index in [-0.39, 0.29) is 30.9 Å². The topological polar surface area (TPSA) is 107 Å². The highest BCUT2D eigenvalue weighted by Gasteiger charge is 2.50. The number of nitrogens with zero attached hydrogens (tertiary/aromatic N) is 2. The summed E-state index contributed by atoms with van der Waals surface area (Å²) in [7, 11) is 1.17. The van der Waals surface area contributed by atoms with E-state index in [1.54, 1.807) is 0 Å². The molecule has 32 heavy (non-hydrogen) atoms. The smallest absolute Gasteiger partial charge is 0.469 e. The lowest BCUT2D eigenvalue weighted by atomic mass is 9.82. The Kier molecular flexibility index (Phi) is 6.22. The van der Waals surface area contributed by atoms with Crippen LogP contribution in [0.15, 0.2) is 48.5 Å². The van der Waals surface area contributed by atoms with Gasteiger partial charge in [-0.25, -0.2) is 0 Å². The number of rotatable bonds is 4. The zero-order valence-corrected chi connectivity index (χ0v) is 16.9. The molecule has 0 bridgehead atoms. The number of likely N-dealkylation sites (tertiary alicyclic amines) is 1. The van der Waals surface area contributed by atoms with Crippen LogP contribution < -0.4 is 4.48 Å². The predicted molar refractivity (Wildman–Crippen MR) is 107 cm³/mol. The third-order valence-electron chi connectivity index (χ3n) is 5.80. The van der Waals surface area contributed by atoms with Gasteiger partial charge in [0.15, 0.2) is 0 Å². The summed E-state index contributed by atoms with van der Waals surface area (Å²) in [4.78, 5) is 35.1. The number of piperidine rings is 1. The summed E-state index contributed by atoms with van der Waals surface area (Å²) in [5.41, 5.74) is -0.389. The number of alkyl halides is 3. The van der Waals surface area contributed by atoms with Crippen molar-refractivity contribution in [2.24, 2.45) is 5.92 Å². The average molecular weight is 453 g/mol. The molecule has 3 unspecified atom stereocenters. The molecule has 1 saturated heterocycles. The Labute approximate surface area is 180 Å². The molecule has 1 aliphatic heterocycles. The minimum absolute atomic E-state index is 0.0496. The normalized spacial score (nSPS) is 23.4. The van der Waals surface area contributed by atoms with Crippen LogP contribution in [0.1, 0.15) is 23.5 Å². The van der Waals surface area contributed by atoms with E-state index in [2.05, 4.69) is 0 Å². The lowest BCUT2D eigenvalue weighted by molar-refractivity contribution is -0.384. The van der Waals surface area contributed by atoms with Crippen molar-refractivity contribution >= 4 is 23.4 Å². The molecule has 11 heteroatoms. The number of benzene rings is 2. The van der Waals surface area contributed by atoms with E-state index in [1.165, 1.54) is 43.5 Å². The lowest BCUT2D eigenvalue weighted by Crippen LogP contribution is -2.62. The SMILES string of the molecule is COC(=O)C1CC(c2ccc(C(F)(F)F)cc2)C[N+](C(=O)O)(c2ccc([N+](=O)[O-])cc2)C1. The van der Waals surface area contributed by atoms with E-state index in [1.807, 2.05) is 0 Å². The van der Waals surface area contributed by atoms with E-state index >= 15 is 0 Å². The van der Waals surface area contributed by atoms with Gasteiger partial charge in [-0.15, -0.1) is 0 Å². The van der Waals surface area contributed by atoms with Crippen molar-refractivity contribution in [3.05, 3.63) is 69.8 Å². The van der Waals surface area contributed by atoms with Gasteiger partial charge in [0.05, 0.1) is 17.6 Å². The van der Waals surface area contributed by atoms with Gasteiger partial charge in [-0.05, 0) is 24.1 Å². The van der Waals surface area contributed by atoms with Gasteiger partial charge in [0.1, 0.15) is 24.7 Å². The molecule has 1 amide bonds. The van der Waals surface area contributed by atoms with E-state index < -0.39 is 45.0 Å². The van der Waals surface area contributed by atoms with E-state index in [0.29, 0.717) is 5.56 Å². The quantitative estimate of drug-likeness (QED) is 0.314. The molecular formula is C21H20F3N2O6+. The number of halogens is 3. The van der Waals surface area contributed by atoms with Crippen molar-refractivity contribution in [2.45, 2.75) is 18.5 Å². The van der Waals surface area contributed by atoms with Crippen LogP contribution in [0.25, 0.3) is 0 Å². The van der Waals surface area contributed by atoms with Crippen LogP contribution in [0.3, 0.4) is 0 Å². The molecule has 0 spiro atoms. The molecule has 170 valence electrons. The number of methoxy groups -OCH3 is 1. The summed E-state index contributed by atoms with van der Waals surface area (Å²) in [6.07, 6.45) is -5.61. The van der Waals surface area contributed by atoms with Crippen LogP contribution in [0, 0.1) is 16.0 Å². The molecule has 3 atom stereocenters. The van der Waals surface area contributed by atoms with Gasteiger partial charge >= 0.3 is 18.2 Å². The Morgan fingerprint density at radius 2 is 1.69 bits per heavy atom. The summed E-state index contributed by atoms with van der Waals surface area (Å²) in [5, 5.41) is 21.1. The van der Waals surface area contributed by atoms with E-state index in [9.17, 15) is 38.0 Å². The standard InChI is InChI=1S/C21H19F3N2O6/c1-32-19(27)15-10-14(13-2-4-16(5-3-13)21(22,23)24)11-26(12-15,20(28)29)18-8-6-17(7-9-18)25(30)31/h2-9,14-15H,10-12H2,1H3/p+1. The third-order valence-corrected chi connectivity index (χ3v) is 5.80. The maximum absolute atomic E-state index is 12.9. The molecule has 1 N–H and O–H groups in total.